The van der Waals surface area contributed by atoms with Crippen molar-refractivity contribution in [2.75, 3.05) is 6.54 Å². The van der Waals surface area contributed by atoms with E-state index in [4.69, 9.17) is 5.73 Å². The van der Waals surface area contributed by atoms with Gasteiger partial charge in [0.25, 0.3) is 0 Å². The molecule has 0 atom stereocenters. The fourth-order valence-corrected chi connectivity index (χ4v) is 0.436. The van der Waals surface area contributed by atoms with E-state index >= 15 is 0 Å². The summed E-state index contributed by atoms with van der Waals surface area (Å²) in [5.41, 5.74) is 5.03. The molecule has 4 heteroatoms. The molecule has 0 aliphatic carbocycles. The quantitative estimate of drug-likeness (QED) is 0.617. The molecule has 0 bridgehead atoms. The van der Waals surface area contributed by atoms with Crippen molar-refractivity contribution in [2.45, 2.75) is 19.4 Å². The van der Waals surface area contributed by atoms with E-state index in [0.29, 0.717) is 6.54 Å². The molecule has 0 heterocycles. The topological polar surface area (TPSA) is 55.1 Å². The Morgan fingerprint density at radius 3 is 2.45 bits per heavy atom. The largest absolute Gasteiger partial charge is 0.346 e. The molecule has 0 aromatic carbocycles. The van der Waals surface area contributed by atoms with Crippen LogP contribution in [0.3, 0.4) is 0 Å². The summed E-state index contributed by atoms with van der Waals surface area (Å²) >= 11 is 0. The van der Waals surface area contributed by atoms with Gasteiger partial charge in [0, 0.05) is 12.1 Å². The first-order valence-corrected chi connectivity index (χ1v) is 3.16. The van der Waals surface area contributed by atoms with Crippen molar-refractivity contribution in [2.24, 2.45) is 5.73 Å². The van der Waals surface area contributed by atoms with Gasteiger partial charge >= 0.3 is 0 Å². The number of carbonyl (C=O) groups is 1. The van der Waals surface area contributed by atoms with E-state index in [1.807, 2.05) is 13.8 Å². The zero-order chi connectivity index (χ0) is 8.20. The minimum atomic E-state index is -0.328. The monoisotopic (exact) mass is 178 g/mol. The number of halogens is 1. The zero-order valence-electron chi connectivity index (χ0n) is 6.89. The molecule has 3 nitrogen and oxygen atoms in total. The van der Waals surface area contributed by atoms with E-state index in [0.717, 1.165) is 0 Å². The molecular weight excluding hydrogens is 164 g/mol. The van der Waals surface area contributed by atoms with Crippen LogP contribution in [0.2, 0.25) is 0 Å². The van der Waals surface area contributed by atoms with Crippen molar-refractivity contribution < 1.29 is 4.79 Å². The van der Waals surface area contributed by atoms with Crippen molar-refractivity contribution in [1.82, 2.24) is 5.32 Å². The highest BCUT2D eigenvalue weighted by Crippen LogP contribution is 1.97. The van der Waals surface area contributed by atoms with Crippen LogP contribution in [0.25, 0.3) is 0 Å². The third-order valence-corrected chi connectivity index (χ3v) is 1.16. The van der Waals surface area contributed by atoms with Crippen molar-refractivity contribution in [3.05, 3.63) is 12.7 Å². The Hall–Kier alpha value is -0.540. The van der Waals surface area contributed by atoms with Gasteiger partial charge in [0.1, 0.15) is 0 Å². The van der Waals surface area contributed by atoms with Gasteiger partial charge in [0.05, 0.1) is 0 Å². The van der Waals surface area contributed by atoms with Gasteiger partial charge in [-0.05, 0) is 19.9 Å². The highest BCUT2D eigenvalue weighted by Gasteiger charge is 2.15. The zero-order valence-corrected chi connectivity index (χ0v) is 7.70. The van der Waals surface area contributed by atoms with Gasteiger partial charge in [-0.2, -0.15) is 0 Å². The van der Waals surface area contributed by atoms with Crippen molar-refractivity contribution >= 4 is 18.3 Å². The van der Waals surface area contributed by atoms with Gasteiger partial charge in [-0.3, -0.25) is 4.79 Å². The Kier molecular flexibility index (Phi) is 6.13. The second-order valence-electron chi connectivity index (χ2n) is 2.78. The number of nitrogens with two attached hydrogens (primary N) is 1. The molecule has 0 unspecified atom stereocenters. The maximum atomic E-state index is 10.7. The second-order valence-corrected chi connectivity index (χ2v) is 2.78. The molecule has 0 aliphatic heterocycles. The lowest BCUT2D eigenvalue weighted by molar-refractivity contribution is -0.117. The van der Waals surface area contributed by atoms with Crippen LogP contribution < -0.4 is 11.1 Å². The SMILES string of the molecule is C=CC(=O)NC(C)(C)CN.Cl. The molecule has 0 aliphatic rings. The lowest BCUT2D eigenvalue weighted by Crippen LogP contribution is -2.48. The minimum Gasteiger partial charge on any atom is -0.346 e. The van der Waals surface area contributed by atoms with Crippen LogP contribution in [0.4, 0.5) is 0 Å². The number of carbonyl (C=O) groups excluding carboxylic acids is 1. The molecular formula is C7H15ClN2O. The Labute approximate surface area is 73.4 Å². The van der Waals surface area contributed by atoms with Crippen molar-refractivity contribution in [3.63, 3.8) is 0 Å². The molecule has 66 valence electrons. The molecule has 1 amide bonds. The molecule has 0 saturated carbocycles. The van der Waals surface area contributed by atoms with Gasteiger partial charge < -0.3 is 11.1 Å². The van der Waals surface area contributed by atoms with E-state index in [1.165, 1.54) is 6.08 Å². The van der Waals surface area contributed by atoms with Gasteiger partial charge in [0.2, 0.25) is 5.91 Å². The van der Waals surface area contributed by atoms with E-state index < -0.39 is 0 Å². The molecule has 0 rings (SSSR count). The van der Waals surface area contributed by atoms with E-state index in [-0.39, 0.29) is 23.9 Å². The first kappa shape index (κ1) is 13.1. The molecule has 0 aromatic heterocycles. The van der Waals surface area contributed by atoms with Gasteiger partial charge in [-0.25, -0.2) is 0 Å². The molecule has 0 spiro atoms. The third-order valence-electron chi connectivity index (χ3n) is 1.16. The lowest BCUT2D eigenvalue weighted by Gasteiger charge is -2.22. The van der Waals surface area contributed by atoms with Gasteiger partial charge in [0.15, 0.2) is 0 Å². The van der Waals surface area contributed by atoms with E-state index in [9.17, 15) is 4.79 Å². The van der Waals surface area contributed by atoms with Crippen LogP contribution in [0.15, 0.2) is 12.7 Å². The number of rotatable bonds is 3. The summed E-state index contributed by atoms with van der Waals surface area (Å²) in [4.78, 5) is 10.7. The molecule has 0 aromatic rings. The molecule has 0 radical (unpaired) electrons. The summed E-state index contributed by atoms with van der Waals surface area (Å²) in [6.45, 7) is 7.46. The summed E-state index contributed by atoms with van der Waals surface area (Å²) in [5, 5.41) is 2.67. The number of nitrogens with one attached hydrogen (secondary N) is 1. The third kappa shape index (κ3) is 5.88. The van der Waals surface area contributed by atoms with Crippen LogP contribution in [0.1, 0.15) is 13.8 Å². The highest BCUT2D eigenvalue weighted by atomic mass is 35.5. The maximum Gasteiger partial charge on any atom is 0.243 e. The summed E-state index contributed by atoms with van der Waals surface area (Å²) in [5.74, 6) is -0.185. The smallest absolute Gasteiger partial charge is 0.243 e. The predicted molar refractivity (Wildman–Crippen MR) is 48.7 cm³/mol. The number of hydrogen-bond acceptors (Lipinski definition) is 2. The fourth-order valence-electron chi connectivity index (χ4n) is 0.436. The van der Waals surface area contributed by atoms with Crippen LogP contribution in [0.5, 0.6) is 0 Å². The fraction of sp³-hybridized carbons (Fsp3) is 0.571. The maximum absolute atomic E-state index is 10.7. The van der Waals surface area contributed by atoms with E-state index in [2.05, 4.69) is 11.9 Å². The van der Waals surface area contributed by atoms with Crippen LogP contribution in [-0.2, 0) is 4.79 Å². The molecule has 3 N–H and O–H groups in total. The normalized spacial score (nSPS) is 9.73. The van der Waals surface area contributed by atoms with Gasteiger partial charge in [-0.1, -0.05) is 6.58 Å². The predicted octanol–water partition coefficient (Wildman–Crippen LogP) is 0.448. The average molecular weight is 179 g/mol. The highest BCUT2D eigenvalue weighted by molar-refractivity contribution is 5.87. The number of amides is 1. The van der Waals surface area contributed by atoms with Crippen LogP contribution >= 0.6 is 12.4 Å². The van der Waals surface area contributed by atoms with Crippen LogP contribution in [0, 0.1) is 0 Å². The first-order valence-electron chi connectivity index (χ1n) is 3.16. The Morgan fingerprint density at radius 2 is 2.18 bits per heavy atom. The summed E-state index contributed by atoms with van der Waals surface area (Å²) < 4.78 is 0. The summed E-state index contributed by atoms with van der Waals surface area (Å²) in [7, 11) is 0. The van der Waals surface area contributed by atoms with Crippen molar-refractivity contribution in [3.8, 4) is 0 Å². The first-order chi connectivity index (χ1) is 4.52. The van der Waals surface area contributed by atoms with Crippen molar-refractivity contribution in [1.29, 1.82) is 0 Å². The van der Waals surface area contributed by atoms with Gasteiger partial charge in [-0.15, -0.1) is 12.4 Å². The molecule has 11 heavy (non-hydrogen) atoms. The molecule has 0 saturated heterocycles. The molecule has 0 fully saturated rings. The standard InChI is InChI=1S/C7H14N2O.ClH/c1-4-6(10)9-7(2,3)5-8;/h4H,1,5,8H2,2-3H3,(H,9,10);1H. The Bertz CT molecular complexity index is 145. The summed E-state index contributed by atoms with van der Waals surface area (Å²) in [6, 6.07) is 0. The Morgan fingerprint density at radius 1 is 1.73 bits per heavy atom. The average Bonchev–Trinajstić information content (AvgIpc) is 1.87. The van der Waals surface area contributed by atoms with Crippen LogP contribution in [-0.4, -0.2) is 18.0 Å². The number of hydrogen-bond donors (Lipinski definition) is 2. The second kappa shape index (κ2) is 5.16. The van der Waals surface area contributed by atoms with E-state index in [1.54, 1.807) is 0 Å². The summed E-state index contributed by atoms with van der Waals surface area (Å²) in [6.07, 6.45) is 1.23. The Balaban J connectivity index is 0. The lowest BCUT2D eigenvalue weighted by atomic mass is 10.1. The minimum absolute atomic E-state index is 0.